The molecule has 0 aliphatic carbocycles. The van der Waals surface area contributed by atoms with Gasteiger partial charge in [-0.25, -0.2) is 0 Å². The molecule has 0 fully saturated rings. The third kappa shape index (κ3) is 4.11. The van der Waals surface area contributed by atoms with E-state index in [4.69, 9.17) is 10.5 Å². The zero-order chi connectivity index (χ0) is 13.5. The molecule has 2 aromatic rings. The minimum absolute atomic E-state index is 0.285. The first-order chi connectivity index (χ1) is 9.31. The van der Waals surface area contributed by atoms with E-state index in [-0.39, 0.29) is 6.54 Å². The minimum atomic E-state index is 0.285. The maximum absolute atomic E-state index is 7.36. The van der Waals surface area contributed by atoms with Gasteiger partial charge in [-0.05, 0) is 48.2 Å². The zero-order valence-electron chi connectivity index (χ0n) is 11.4. The fraction of sp³-hybridized carbons (Fsp3) is 0.294. The molecule has 0 unspecified atom stereocenters. The van der Waals surface area contributed by atoms with Crippen molar-refractivity contribution in [1.82, 2.24) is 5.73 Å². The highest BCUT2D eigenvalue weighted by Crippen LogP contribution is 2.23. The van der Waals surface area contributed by atoms with Crippen molar-refractivity contribution in [1.29, 1.82) is 0 Å². The highest BCUT2D eigenvalue weighted by atomic mass is 16.5. The van der Waals surface area contributed by atoms with Gasteiger partial charge in [0.05, 0.1) is 0 Å². The van der Waals surface area contributed by atoms with Gasteiger partial charge >= 0.3 is 0 Å². The Kier molecular flexibility index (Phi) is 4.99. The van der Waals surface area contributed by atoms with Crippen LogP contribution >= 0.6 is 0 Å². The summed E-state index contributed by atoms with van der Waals surface area (Å²) >= 11 is 0. The summed E-state index contributed by atoms with van der Waals surface area (Å²) in [6.07, 6.45) is 3.58. The molecule has 0 bridgehead atoms. The van der Waals surface area contributed by atoms with E-state index in [0.717, 1.165) is 23.5 Å². The monoisotopic (exact) mass is 254 g/mol. The summed E-state index contributed by atoms with van der Waals surface area (Å²) < 4.78 is 5.80. The SMILES string of the molecule is CCCCc1ccc(Oc2cccc(C[NH])c2)cc1. The molecule has 99 valence electrons. The lowest BCUT2D eigenvalue weighted by Gasteiger charge is -2.08. The maximum Gasteiger partial charge on any atom is 0.127 e. The number of benzene rings is 2. The first-order valence-corrected chi connectivity index (χ1v) is 6.82. The van der Waals surface area contributed by atoms with Gasteiger partial charge in [-0.3, -0.25) is 5.73 Å². The van der Waals surface area contributed by atoms with Crippen molar-refractivity contribution in [2.75, 3.05) is 0 Å². The van der Waals surface area contributed by atoms with Gasteiger partial charge in [0.1, 0.15) is 11.5 Å². The average Bonchev–Trinajstić information content (AvgIpc) is 2.47. The number of hydrogen-bond donors (Lipinski definition) is 0. The smallest absolute Gasteiger partial charge is 0.127 e. The van der Waals surface area contributed by atoms with Crippen LogP contribution in [0.1, 0.15) is 30.9 Å². The minimum Gasteiger partial charge on any atom is -0.457 e. The number of aryl methyl sites for hydroxylation is 1. The Morgan fingerprint density at radius 2 is 1.74 bits per heavy atom. The van der Waals surface area contributed by atoms with Crippen LogP contribution in [-0.4, -0.2) is 0 Å². The van der Waals surface area contributed by atoms with Crippen molar-refractivity contribution >= 4 is 0 Å². The van der Waals surface area contributed by atoms with E-state index in [1.807, 2.05) is 36.4 Å². The van der Waals surface area contributed by atoms with Gasteiger partial charge in [-0.15, -0.1) is 0 Å². The van der Waals surface area contributed by atoms with Crippen LogP contribution in [-0.2, 0) is 13.0 Å². The molecule has 0 atom stereocenters. The molecule has 0 amide bonds. The van der Waals surface area contributed by atoms with Crippen LogP contribution in [0.25, 0.3) is 0 Å². The van der Waals surface area contributed by atoms with Crippen LogP contribution in [0, 0.1) is 0 Å². The fourth-order valence-electron chi connectivity index (χ4n) is 1.96. The average molecular weight is 254 g/mol. The quantitative estimate of drug-likeness (QED) is 0.741. The van der Waals surface area contributed by atoms with Crippen LogP contribution in [0.4, 0.5) is 0 Å². The molecule has 0 spiro atoms. The molecule has 19 heavy (non-hydrogen) atoms. The largest absolute Gasteiger partial charge is 0.457 e. The van der Waals surface area contributed by atoms with E-state index >= 15 is 0 Å². The van der Waals surface area contributed by atoms with E-state index in [1.165, 1.54) is 18.4 Å². The van der Waals surface area contributed by atoms with Gasteiger partial charge in [0.15, 0.2) is 0 Å². The normalized spacial score (nSPS) is 10.4. The zero-order valence-corrected chi connectivity index (χ0v) is 11.4. The predicted octanol–water partition coefficient (Wildman–Crippen LogP) is 4.60. The Morgan fingerprint density at radius 3 is 2.42 bits per heavy atom. The molecule has 0 saturated carbocycles. The van der Waals surface area contributed by atoms with Crippen molar-refractivity contribution in [2.24, 2.45) is 0 Å². The molecule has 0 saturated heterocycles. The van der Waals surface area contributed by atoms with Crippen molar-refractivity contribution in [3.05, 3.63) is 59.7 Å². The predicted molar refractivity (Wildman–Crippen MR) is 78.4 cm³/mol. The second kappa shape index (κ2) is 6.95. The van der Waals surface area contributed by atoms with Gasteiger partial charge in [0, 0.05) is 6.54 Å². The number of nitrogens with one attached hydrogen (secondary N) is 1. The molecule has 1 radical (unpaired) electrons. The lowest BCUT2D eigenvalue weighted by molar-refractivity contribution is 0.481. The topological polar surface area (TPSA) is 33.0 Å². The first-order valence-electron chi connectivity index (χ1n) is 6.82. The van der Waals surface area contributed by atoms with E-state index in [0.29, 0.717) is 0 Å². The third-order valence-electron chi connectivity index (χ3n) is 3.08. The second-order valence-corrected chi connectivity index (χ2v) is 4.67. The lowest BCUT2D eigenvalue weighted by atomic mass is 10.1. The van der Waals surface area contributed by atoms with Crippen LogP contribution in [0.5, 0.6) is 11.5 Å². The molecule has 2 aromatic carbocycles. The van der Waals surface area contributed by atoms with E-state index in [2.05, 4.69) is 19.1 Å². The number of unbranched alkanes of at least 4 members (excludes halogenated alkanes) is 1. The van der Waals surface area contributed by atoms with Crippen molar-refractivity contribution < 1.29 is 4.74 Å². The molecule has 0 heterocycles. The summed E-state index contributed by atoms with van der Waals surface area (Å²) in [6.45, 7) is 2.49. The van der Waals surface area contributed by atoms with Gasteiger partial charge < -0.3 is 4.74 Å². The van der Waals surface area contributed by atoms with Crippen LogP contribution in [0.2, 0.25) is 0 Å². The van der Waals surface area contributed by atoms with Gasteiger partial charge in [-0.2, -0.15) is 0 Å². The Morgan fingerprint density at radius 1 is 0.947 bits per heavy atom. The van der Waals surface area contributed by atoms with Crippen molar-refractivity contribution in [2.45, 2.75) is 32.7 Å². The Bertz CT molecular complexity index is 505. The molecule has 0 aliphatic rings. The number of hydrogen-bond acceptors (Lipinski definition) is 1. The highest BCUT2D eigenvalue weighted by Gasteiger charge is 1.99. The summed E-state index contributed by atoms with van der Waals surface area (Å²) in [4.78, 5) is 0. The van der Waals surface area contributed by atoms with E-state index in [1.54, 1.807) is 0 Å². The molecular formula is C17H20NO. The van der Waals surface area contributed by atoms with Crippen LogP contribution in [0.3, 0.4) is 0 Å². The molecule has 0 aromatic heterocycles. The maximum atomic E-state index is 7.36. The van der Waals surface area contributed by atoms with Crippen LogP contribution < -0.4 is 10.5 Å². The van der Waals surface area contributed by atoms with E-state index < -0.39 is 0 Å². The molecule has 2 rings (SSSR count). The summed E-state index contributed by atoms with van der Waals surface area (Å²) in [6, 6.07) is 16.0. The molecule has 0 aliphatic heterocycles. The molecule has 2 heteroatoms. The van der Waals surface area contributed by atoms with Crippen molar-refractivity contribution in [3.63, 3.8) is 0 Å². The summed E-state index contributed by atoms with van der Waals surface area (Å²) in [5, 5.41) is 0. The Hall–Kier alpha value is -1.80. The summed E-state index contributed by atoms with van der Waals surface area (Å²) in [5.41, 5.74) is 9.68. The molecule has 1 N–H and O–H groups in total. The molecule has 2 nitrogen and oxygen atoms in total. The summed E-state index contributed by atoms with van der Waals surface area (Å²) in [5.74, 6) is 1.65. The Labute approximate surface area is 115 Å². The van der Waals surface area contributed by atoms with Gasteiger partial charge in [-0.1, -0.05) is 37.6 Å². The van der Waals surface area contributed by atoms with Gasteiger partial charge in [0.25, 0.3) is 0 Å². The lowest BCUT2D eigenvalue weighted by Crippen LogP contribution is -1.89. The van der Waals surface area contributed by atoms with E-state index in [9.17, 15) is 0 Å². The summed E-state index contributed by atoms with van der Waals surface area (Å²) in [7, 11) is 0. The second-order valence-electron chi connectivity index (χ2n) is 4.67. The number of ether oxygens (including phenoxy) is 1. The van der Waals surface area contributed by atoms with Crippen molar-refractivity contribution in [3.8, 4) is 11.5 Å². The first kappa shape index (κ1) is 13.6. The third-order valence-corrected chi connectivity index (χ3v) is 3.08. The van der Waals surface area contributed by atoms with Crippen LogP contribution in [0.15, 0.2) is 48.5 Å². The fourth-order valence-corrected chi connectivity index (χ4v) is 1.96. The standard InChI is InChI=1S/C17H20NO/c1-2-3-5-14-8-10-16(11-9-14)19-17-7-4-6-15(12-17)13-18/h4,6-12,18H,2-3,5,13H2,1H3. The molecular weight excluding hydrogens is 234 g/mol. The number of rotatable bonds is 6. The highest BCUT2D eigenvalue weighted by molar-refractivity contribution is 5.35. The Balaban J connectivity index is 2.02. The van der Waals surface area contributed by atoms with Gasteiger partial charge in [0.2, 0.25) is 0 Å².